The minimum Gasteiger partial charge on any atom is -0.495 e. The normalized spacial score (nSPS) is 11.5. The van der Waals surface area contributed by atoms with Gasteiger partial charge in [0.2, 0.25) is 0 Å². The molecule has 0 saturated carbocycles. The average Bonchev–Trinajstić information content (AvgIpc) is 1.98. The summed E-state index contributed by atoms with van der Waals surface area (Å²) in [6, 6.07) is 0. The van der Waals surface area contributed by atoms with Gasteiger partial charge in [0, 0.05) is 0 Å². The number of methoxy groups -OCH3 is 1. The molecule has 0 aliphatic carbocycles. The molecule has 0 fully saturated rings. The van der Waals surface area contributed by atoms with Gasteiger partial charge in [0.15, 0.2) is 0 Å². The number of ether oxygens (including phenoxy) is 1. The number of nitrogens with zero attached hydrogens (tertiary/aromatic N) is 1. The minimum absolute atomic E-state index is 0.412. The fraction of sp³-hybridized carbons (Fsp3) is 0.143. The second-order valence-corrected chi connectivity index (χ2v) is 1.44. The van der Waals surface area contributed by atoms with Crippen molar-refractivity contribution in [3.05, 3.63) is 41.7 Å². The predicted molar refractivity (Wildman–Crippen MR) is 40.2 cm³/mol. The third-order valence-electron chi connectivity index (χ3n) is 0.812. The van der Waals surface area contributed by atoms with Gasteiger partial charge in [-0.25, -0.2) is 0 Å². The molecule has 0 unspecified atom stereocenters. The van der Waals surface area contributed by atoms with E-state index in [2.05, 4.69) is 11.8 Å². The molecule has 0 spiro atoms. The van der Waals surface area contributed by atoms with Gasteiger partial charge in [-0.1, -0.05) is 18.7 Å². The fourth-order valence-electron chi connectivity index (χ4n) is 0.379. The van der Waals surface area contributed by atoms with E-state index >= 15 is 0 Å². The van der Waals surface area contributed by atoms with E-state index in [1.54, 1.807) is 18.2 Å². The molecule has 0 saturated heterocycles. The predicted octanol–water partition coefficient (Wildman–Crippen LogP) is 1.98. The third-order valence-corrected chi connectivity index (χ3v) is 0.812. The molecule has 0 atom stereocenters. The lowest BCUT2D eigenvalue weighted by molar-refractivity contribution is 0.306. The van der Waals surface area contributed by atoms with E-state index in [0.717, 1.165) is 6.20 Å². The summed E-state index contributed by atoms with van der Waals surface area (Å²) in [5, 5.41) is 2.54. The third kappa shape index (κ3) is 3.60. The Morgan fingerprint density at radius 1 is 1.70 bits per heavy atom. The molecule has 54 valence electrons. The van der Waals surface area contributed by atoms with Crippen LogP contribution < -0.4 is 0 Å². The minimum atomic E-state index is 0.412. The highest BCUT2D eigenvalue weighted by Gasteiger charge is 1.84. The molecule has 3 nitrogen and oxygen atoms in total. The van der Waals surface area contributed by atoms with Crippen LogP contribution in [0.4, 0.5) is 0 Å². The Morgan fingerprint density at radius 2 is 2.40 bits per heavy atom. The number of rotatable bonds is 4. The maximum absolute atomic E-state index is 9.67. The molecular formula is C7H9NO2. The highest BCUT2D eigenvalue weighted by Crippen LogP contribution is 1.96. The lowest BCUT2D eigenvalue weighted by atomic mass is 10.4. The molecule has 3 heteroatoms. The second-order valence-electron chi connectivity index (χ2n) is 1.44. The maximum Gasteiger partial charge on any atom is 0.140 e. The van der Waals surface area contributed by atoms with Crippen molar-refractivity contribution in [3.63, 3.8) is 0 Å². The topological polar surface area (TPSA) is 38.7 Å². The van der Waals surface area contributed by atoms with Gasteiger partial charge in [-0.3, -0.25) is 0 Å². The van der Waals surface area contributed by atoms with Gasteiger partial charge in [-0.05, 0) is 11.3 Å². The van der Waals surface area contributed by atoms with Gasteiger partial charge >= 0.3 is 0 Å². The largest absolute Gasteiger partial charge is 0.495 e. The highest BCUT2D eigenvalue weighted by molar-refractivity contribution is 5.15. The number of nitroso groups, excluding NO2 is 1. The zero-order valence-corrected chi connectivity index (χ0v) is 5.78. The summed E-state index contributed by atoms with van der Waals surface area (Å²) < 4.78 is 4.73. The van der Waals surface area contributed by atoms with Crippen LogP contribution in [0.3, 0.4) is 0 Å². The summed E-state index contributed by atoms with van der Waals surface area (Å²) in [5.41, 5.74) is 0. The van der Waals surface area contributed by atoms with Crippen LogP contribution in [-0.4, -0.2) is 7.11 Å². The Hall–Kier alpha value is -1.38. The SMILES string of the molecule is C=C/C=C\C(=C/N=O)OC. The lowest BCUT2D eigenvalue weighted by Gasteiger charge is -1.93. The highest BCUT2D eigenvalue weighted by atomic mass is 16.5. The summed E-state index contributed by atoms with van der Waals surface area (Å²) in [6.45, 7) is 3.45. The first-order chi connectivity index (χ1) is 4.85. The van der Waals surface area contributed by atoms with Crippen LogP contribution in [-0.2, 0) is 4.74 Å². The van der Waals surface area contributed by atoms with E-state index in [4.69, 9.17) is 4.74 Å². The first kappa shape index (κ1) is 8.62. The van der Waals surface area contributed by atoms with Gasteiger partial charge < -0.3 is 4.74 Å². The Balaban J connectivity index is 4.06. The van der Waals surface area contributed by atoms with Crippen molar-refractivity contribution < 1.29 is 4.74 Å². The number of hydrogen-bond donors (Lipinski definition) is 0. The van der Waals surface area contributed by atoms with Crippen LogP contribution in [0.15, 0.2) is 41.9 Å². The smallest absolute Gasteiger partial charge is 0.140 e. The molecule has 0 aromatic heterocycles. The maximum atomic E-state index is 9.67. The first-order valence-corrected chi connectivity index (χ1v) is 2.71. The molecule has 0 aromatic carbocycles. The van der Waals surface area contributed by atoms with Crippen molar-refractivity contribution >= 4 is 0 Å². The summed E-state index contributed by atoms with van der Waals surface area (Å²) in [7, 11) is 1.46. The summed E-state index contributed by atoms with van der Waals surface area (Å²) >= 11 is 0. The van der Waals surface area contributed by atoms with Crippen molar-refractivity contribution in [1.82, 2.24) is 0 Å². The quantitative estimate of drug-likeness (QED) is 0.339. The summed E-state index contributed by atoms with van der Waals surface area (Å²) in [6.07, 6.45) is 5.91. The number of allylic oxidation sites excluding steroid dienone is 3. The second kappa shape index (κ2) is 5.75. The van der Waals surface area contributed by atoms with Gasteiger partial charge in [-0.2, -0.15) is 0 Å². The van der Waals surface area contributed by atoms with Gasteiger partial charge in [0.1, 0.15) is 12.0 Å². The lowest BCUT2D eigenvalue weighted by Crippen LogP contribution is -1.78. The zero-order chi connectivity index (χ0) is 7.82. The molecule has 0 aliphatic heterocycles. The Bertz CT molecular complexity index is 170. The van der Waals surface area contributed by atoms with Crippen LogP contribution in [0.25, 0.3) is 0 Å². The van der Waals surface area contributed by atoms with Crippen LogP contribution >= 0.6 is 0 Å². The van der Waals surface area contributed by atoms with Crippen molar-refractivity contribution in [1.29, 1.82) is 0 Å². The van der Waals surface area contributed by atoms with Crippen LogP contribution in [0, 0.1) is 4.91 Å². The van der Waals surface area contributed by atoms with Crippen molar-refractivity contribution in [3.8, 4) is 0 Å². The van der Waals surface area contributed by atoms with Crippen molar-refractivity contribution in [2.45, 2.75) is 0 Å². The van der Waals surface area contributed by atoms with E-state index < -0.39 is 0 Å². The van der Waals surface area contributed by atoms with Gasteiger partial charge in [-0.15, -0.1) is 4.91 Å². The molecule has 0 amide bonds. The van der Waals surface area contributed by atoms with Gasteiger partial charge in [0.05, 0.1) is 7.11 Å². The zero-order valence-electron chi connectivity index (χ0n) is 5.78. The van der Waals surface area contributed by atoms with E-state index in [9.17, 15) is 4.91 Å². The Labute approximate surface area is 59.7 Å². The Morgan fingerprint density at radius 3 is 2.80 bits per heavy atom. The van der Waals surface area contributed by atoms with E-state index in [0.29, 0.717) is 5.76 Å². The van der Waals surface area contributed by atoms with E-state index in [1.807, 2.05) is 0 Å². The molecule has 0 bridgehead atoms. The molecule has 0 aromatic rings. The molecule has 0 rings (SSSR count). The van der Waals surface area contributed by atoms with Crippen LogP contribution in [0.1, 0.15) is 0 Å². The summed E-state index contributed by atoms with van der Waals surface area (Å²) in [5.74, 6) is 0.412. The standard InChI is InChI=1S/C7H9NO2/c1-3-4-5-7(10-2)6-8-9/h3-6H,1H2,2H3/b5-4-,7-6+. The van der Waals surface area contributed by atoms with Gasteiger partial charge in [0.25, 0.3) is 0 Å². The first-order valence-electron chi connectivity index (χ1n) is 2.71. The Kier molecular flexibility index (Phi) is 4.96. The average molecular weight is 139 g/mol. The van der Waals surface area contributed by atoms with Crippen LogP contribution in [0.5, 0.6) is 0 Å². The van der Waals surface area contributed by atoms with Crippen molar-refractivity contribution in [2.75, 3.05) is 7.11 Å². The molecule has 0 N–H and O–H groups in total. The molecule has 0 radical (unpaired) electrons. The molecule has 10 heavy (non-hydrogen) atoms. The van der Waals surface area contributed by atoms with Crippen LogP contribution in [0.2, 0.25) is 0 Å². The fourth-order valence-corrected chi connectivity index (χ4v) is 0.379. The van der Waals surface area contributed by atoms with E-state index in [1.165, 1.54) is 7.11 Å². The van der Waals surface area contributed by atoms with E-state index in [-0.39, 0.29) is 0 Å². The van der Waals surface area contributed by atoms with Crippen molar-refractivity contribution in [2.24, 2.45) is 5.18 Å². The number of hydrogen-bond acceptors (Lipinski definition) is 3. The molecule has 0 aliphatic rings. The summed E-state index contributed by atoms with van der Waals surface area (Å²) in [4.78, 5) is 9.67. The molecule has 0 heterocycles. The monoisotopic (exact) mass is 139 g/mol. The molecular weight excluding hydrogens is 130 g/mol.